The average Bonchev–Trinajstić information content (AvgIpc) is 1.81. The summed E-state index contributed by atoms with van der Waals surface area (Å²) in [7, 11) is 0.313. The van der Waals surface area contributed by atoms with E-state index in [1.54, 1.807) is 79.3 Å². The van der Waals surface area contributed by atoms with Crippen LogP contribution in [0.1, 0.15) is 141 Å². The summed E-state index contributed by atoms with van der Waals surface area (Å²) in [6, 6.07) is 10.7. The molecule has 0 bridgehead atoms. The lowest BCUT2D eigenvalue weighted by molar-refractivity contribution is -0.132. The highest BCUT2D eigenvalue weighted by molar-refractivity contribution is 6.74. The van der Waals surface area contributed by atoms with Gasteiger partial charge in [0, 0.05) is 49.4 Å². The number of ether oxygens (including phenoxy) is 7. The van der Waals surface area contributed by atoms with Crippen LogP contribution in [0.2, 0.25) is 36.3 Å². The Balaban J connectivity index is 1.22. The van der Waals surface area contributed by atoms with Crippen molar-refractivity contribution in [1.82, 2.24) is 20.4 Å². The Morgan fingerprint density at radius 2 is 1.14 bits per heavy atom. The molecule has 0 fully saturated rings. The van der Waals surface area contributed by atoms with Gasteiger partial charge in [-0.1, -0.05) is 78.7 Å². The van der Waals surface area contributed by atoms with E-state index in [4.69, 9.17) is 47.7 Å². The molecule has 4 atom stereocenters. The lowest BCUT2D eigenvalue weighted by Crippen LogP contribution is -2.53. The lowest BCUT2D eigenvalue weighted by atomic mass is 10.0. The molecule has 24 heteroatoms. The number of unbranched alkanes of at least 4 members (excludes halogenated alkanes) is 2. The molecule has 91 heavy (non-hydrogen) atoms. The number of methoxy groups -OCH3 is 3. The minimum absolute atomic E-state index is 0.0296. The molecule has 504 valence electrons. The molecule has 3 aromatic carbocycles. The minimum Gasteiger partial charge on any atom is -0.493 e. The van der Waals surface area contributed by atoms with Crippen molar-refractivity contribution in [1.29, 1.82) is 0 Å². The number of amides is 6. The van der Waals surface area contributed by atoms with Crippen molar-refractivity contribution in [2.24, 2.45) is 5.92 Å². The molecule has 5 rings (SSSR count). The molecular weight excluding hydrogens is 1200 g/mol. The maximum Gasteiger partial charge on any atom is 0.411 e. The zero-order valence-electron chi connectivity index (χ0n) is 57.2. The normalized spacial score (nSPS) is 15.9. The first kappa shape index (κ1) is 74.8. The topological polar surface area (TPSA) is 266 Å². The van der Waals surface area contributed by atoms with Gasteiger partial charge in [-0.05, 0) is 125 Å². The number of nitrogens with two attached hydrogens (primary N) is 1. The number of benzene rings is 3. The molecule has 0 unspecified atom stereocenters. The van der Waals surface area contributed by atoms with Crippen molar-refractivity contribution in [3.8, 4) is 23.0 Å². The van der Waals surface area contributed by atoms with E-state index >= 15 is 0 Å². The molecule has 0 saturated carbocycles. The molecule has 3 aromatic rings. The van der Waals surface area contributed by atoms with Gasteiger partial charge in [0.1, 0.15) is 18.7 Å². The Kier molecular flexibility index (Phi) is 27.6. The van der Waals surface area contributed by atoms with E-state index in [2.05, 4.69) is 89.0 Å². The Morgan fingerprint density at radius 3 is 1.65 bits per heavy atom. The van der Waals surface area contributed by atoms with Crippen molar-refractivity contribution >= 4 is 69.3 Å². The number of hydrogen-bond donors (Lipinski definition) is 5. The molecule has 2 aliphatic rings. The second-order valence-electron chi connectivity index (χ2n) is 26.9. The average molecular weight is 1300 g/mol. The summed E-state index contributed by atoms with van der Waals surface area (Å²) in [5.74, 6) is -0.874. The van der Waals surface area contributed by atoms with Crippen LogP contribution in [-0.4, -0.2) is 154 Å². The summed E-state index contributed by atoms with van der Waals surface area (Å²) >= 11 is 0. The second-order valence-corrected chi connectivity index (χ2v) is 36.5. The lowest BCUT2D eigenvalue weighted by Gasteiger charge is -2.38. The molecule has 0 radical (unpaired) electrons. The van der Waals surface area contributed by atoms with E-state index in [0.717, 1.165) is 11.1 Å². The van der Waals surface area contributed by atoms with E-state index in [9.17, 15) is 28.8 Å². The van der Waals surface area contributed by atoms with Crippen molar-refractivity contribution in [3.63, 3.8) is 0 Å². The monoisotopic (exact) mass is 1300 g/mol. The van der Waals surface area contributed by atoms with Gasteiger partial charge in [0.2, 0.25) is 17.7 Å². The highest BCUT2D eigenvalue weighted by Crippen LogP contribution is 2.41. The van der Waals surface area contributed by atoms with Crippen LogP contribution in [0.25, 0.3) is 0 Å². The number of nitrogens with one attached hydrogen (secondary N) is 4. The highest BCUT2D eigenvalue weighted by Gasteiger charge is 2.41. The first-order valence-corrected chi connectivity index (χ1v) is 37.2. The maximum absolute atomic E-state index is 14.8. The Morgan fingerprint density at radius 1 is 0.626 bits per heavy atom. The van der Waals surface area contributed by atoms with Crippen LogP contribution in [-0.2, 0) is 44.1 Å². The third-order valence-electron chi connectivity index (χ3n) is 17.1. The quantitative estimate of drug-likeness (QED) is 0.0216. The minimum atomic E-state index is -2.19. The summed E-state index contributed by atoms with van der Waals surface area (Å²) in [6.07, 6.45) is 6.17. The molecule has 2 heterocycles. The number of hydrogen-bond acceptors (Lipinski definition) is 16. The van der Waals surface area contributed by atoms with Gasteiger partial charge in [-0.25, -0.2) is 4.79 Å². The smallest absolute Gasteiger partial charge is 0.411 e. The van der Waals surface area contributed by atoms with Crippen LogP contribution in [0.3, 0.4) is 0 Å². The van der Waals surface area contributed by atoms with Crippen LogP contribution >= 0.6 is 0 Å². The number of anilines is 3. The Bertz CT molecular complexity index is 3050. The zero-order valence-corrected chi connectivity index (χ0v) is 59.2. The molecule has 0 saturated heterocycles. The second kappa shape index (κ2) is 33.6. The van der Waals surface area contributed by atoms with Crippen LogP contribution in [0.15, 0.2) is 72.1 Å². The summed E-state index contributed by atoms with van der Waals surface area (Å²) in [6.45, 7) is 33.0. The molecule has 22 nitrogen and oxygen atoms in total. The Labute approximate surface area is 541 Å². The van der Waals surface area contributed by atoms with Crippen molar-refractivity contribution in [3.05, 3.63) is 88.8 Å². The van der Waals surface area contributed by atoms with Gasteiger partial charge in [-0.3, -0.25) is 29.3 Å². The Hall–Kier alpha value is -6.97. The number of nitrogens with zero attached hydrogens (tertiary/aromatic N) is 2. The van der Waals surface area contributed by atoms with Crippen LogP contribution < -0.4 is 45.9 Å². The number of carbonyl (C=O) groups excluding carboxylic acids is 6. The fourth-order valence-electron chi connectivity index (χ4n) is 9.46. The predicted molar refractivity (Wildman–Crippen MR) is 359 cm³/mol. The van der Waals surface area contributed by atoms with Crippen molar-refractivity contribution in [2.75, 3.05) is 83.9 Å². The van der Waals surface area contributed by atoms with Gasteiger partial charge in [0.15, 0.2) is 39.6 Å². The molecule has 0 aliphatic carbocycles. The standard InChI is InChI=1S/C67H103N7O15Si2/c1-43(2)60(72-59(75)26-29-84-31-30-81-12)62(77)69-46(5)61(76)70-48-24-22-47(23-25-48)40-87-65(80)71-54-37-58(56(83-14)35-52(54)64(79)74-39-45(4)33-50(74)42-89-91(17,18)67(9,10)11)86-28-21-19-20-27-85-57-36-53(68)51(34-55(57)82-13)63(78)73-38-44(3)32-49(73)41-88-90(15,16)66(6,7)8/h22-25,34-39,43,46,49-50,60H,19-21,26-33,40-42,68H2,1-18H3,(H,69,77)(H,70,76)(H,71,80)(H,72,75)/t46-,49-,50-,60-/m0/s1. The van der Waals surface area contributed by atoms with Gasteiger partial charge < -0.3 is 73.5 Å². The molecule has 6 amide bonds. The summed E-state index contributed by atoms with van der Waals surface area (Å²) in [5.41, 5.74) is 10.5. The summed E-state index contributed by atoms with van der Waals surface area (Å²) in [4.78, 5) is 85.0. The van der Waals surface area contributed by atoms with Gasteiger partial charge in [-0.15, -0.1) is 0 Å². The summed E-state index contributed by atoms with van der Waals surface area (Å²) < 4.78 is 53.2. The molecule has 6 N–H and O–H groups in total. The molecule has 2 aliphatic heterocycles. The SMILES string of the molecule is COCCOCCC(=O)N[C@H](C(=O)N[C@@H](C)C(=O)Nc1ccc(COC(=O)Nc2cc(OCCCCCOc3cc(N)c(C(=O)N4C=C(C)C[C@H]4CO[Si](C)(C)C(C)(C)C)cc3OC)c(OC)cc2C(=O)N2C=C(C)C[C@H]2CO[Si](C)(C)C(C)(C)C)cc1)C(C)C. The van der Waals surface area contributed by atoms with Crippen LogP contribution in [0, 0.1) is 5.92 Å². The fourth-order valence-corrected chi connectivity index (χ4v) is 11.5. The zero-order chi connectivity index (χ0) is 67.6. The third kappa shape index (κ3) is 21.6. The van der Waals surface area contributed by atoms with Gasteiger partial charge in [0.05, 0.1) is 89.4 Å². The number of nitrogen functional groups attached to an aromatic ring is 1. The van der Waals surface area contributed by atoms with Crippen LogP contribution in [0.4, 0.5) is 21.9 Å². The van der Waals surface area contributed by atoms with E-state index in [1.165, 1.54) is 21.1 Å². The van der Waals surface area contributed by atoms with Crippen molar-refractivity contribution < 1.29 is 70.8 Å². The number of rotatable bonds is 33. The molecule has 0 aromatic heterocycles. The van der Waals surface area contributed by atoms with Gasteiger partial charge >= 0.3 is 6.09 Å². The molecular formula is C67H103N7O15Si2. The van der Waals surface area contributed by atoms with Crippen LogP contribution in [0.5, 0.6) is 23.0 Å². The van der Waals surface area contributed by atoms with Crippen molar-refractivity contribution in [2.45, 2.75) is 182 Å². The van der Waals surface area contributed by atoms with Gasteiger partial charge in [-0.2, -0.15) is 0 Å². The first-order chi connectivity index (χ1) is 42.7. The van der Waals surface area contributed by atoms with E-state index < -0.39 is 46.6 Å². The maximum atomic E-state index is 14.8. The predicted octanol–water partition coefficient (Wildman–Crippen LogP) is 11.6. The van der Waals surface area contributed by atoms with E-state index in [1.807, 2.05) is 26.2 Å². The third-order valence-corrected chi connectivity index (χ3v) is 26.1. The first-order valence-electron chi connectivity index (χ1n) is 31.4. The highest BCUT2D eigenvalue weighted by atomic mass is 28.4. The number of carbonyl (C=O) groups is 6. The van der Waals surface area contributed by atoms with E-state index in [0.29, 0.717) is 93.5 Å². The van der Waals surface area contributed by atoms with Gasteiger partial charge in [0.25, 0.3) is 11.8 Å². The largest absolute Gasteiger partial charge is 0.493 e. The fraction of sp³-hybridized carbons (Fsp3) is 0.582. The summed E-state index contributed by atoms with van der Waals surface area (Å²) in [5, 5.41) is 11.0. The molecule has 0 spiro atoms. The van der Waals surface area contributed by atoms with E-state index in [-0.39, 0.29) is 100 Å².